The average molecular weight is 262 g/mol. The third kappa shape index (κ3) is 2.43. The Morgan fingerprint density at radius 3 is 2.56 bits per heavy atom. The number of nitrogens with one attached hydrogen (secondary N) is 1. The van der Waals surface area contributed by atoms with Gasteiger partial charge in [0, 0.05) is 11.1 Å². The lowest BCUT2D eigenvalue weighted by molar-refractivity contribution is -0.389. The smallest absolute Gasteiger partial charge is 0.323 e. The fourth-order valence-electron chi connectivity index (χ4n) is 1.50. The highest BCUT2D eigenvalue weighted by Crippen LogP contribution is 2.34. The first-order valence-electron chi connectivity index (χ1n) is 5.19. The Bertz CT molecular complexity index is 638. The molecule has 0 aliphatic rings. The van der Waals surface area contributed by atoms with E-state index in [0.29, 0.717) is 10.5 Å². The fraction of sp³-hybridized carbons (Fsp3) is 0.0833. The second-order valence-electron chi connectivity index (χ2n) is 3.65. The first-order valence-corrected chi connectivity index (χ1v) is 6.01. The third-order valence-electron chi connectivity index (χ3n) is 2.35. The summed E-state index contributed by atoms with van der Waals surface area (Å²) in [5.74, 6) is 0. The number of rotatable bonds is 3. The lowest BCUT2D eigenvalue weighted by atomic mass is 10.3. The summed E-state index contributed by atoms with van der Waals surface area (Å²) in [6.45, 7) is 1.73. The molecule has 2 rings (SSSR count). The highest BCUT2D eigenvalue weighted by molar-refractivity contribution is 7.99. The Labute approximate surface area is 107 Å². The molecule has 92 valence electrons. The van der Waals surface area contributed by atoms with E-state index in [1.165, 1.54) is 18.0 Å². The molecule has 1 aromatic heterocycles. The molecule has 1 aromatic carbocycles. The Morgan fingerprint density at radius 2 is 1.94 bits per heavy atom. The van der Waals surface area contributed by atoms with Gasteiger partial charge in [0.25, 0.3) is 0 Å². The average Bonchev–Trinajstić information content (AvgIpc) is 2.35. The van der Waals surface area contributed by atoms with Gasteiger partial charge in [0.15, 0.2) is 0 Å². The Balaban J connectivity index is 2.53. The zero-order chi connectivity index (χ0) is 13.1. The lowest BCUT2D eigenvalue weighted by Gasteiger charge is -2.05. The quantitative estimate of drug-likeness (QED) is 0.681. The highest BCUT2D eigenvalue weighted by Gasteiger charge is 2.22. The van der Waals surface area contributed by atoms with Gasteiger partial charge < -0.3 is 4.98 Å². The normalized spacial score (nSPS) is 10.3. The van der Waals surface area contributed by atoms with E-state index in [-0.39, 0.29) is 0 Å². The molecule has 6 heteroatoms. The van der Waals surface area contributed by atoms with Crippen molar-refractivity contribution < 1.29 is 4.92 Å². The maximum absolute atomic E-state index is 11.5. The molecular formula is C12H10N2O3S. The minimum absolute atomic E-state index is 0.384. The van der Waals surface area contributed by atoms with Crippen LogP contribution >= 0.6 is 11.8 Å². The van der Waals surface area contributed by atoms with Crippen molar-refractivity contribution in [2.24, 2.45) is 0 Å². The second-order valence-corrected chi connectivity index (χ2v) is 4.73. The number of hydrogen-bond acceptors (Lipinski definition) is 4. The number of pyridine rings is 1. The third-order valence-corrected chi connectivity index (χ3v) is 3.58. The number of aromatic amines is 1. The van der Waals surface area contributed by atoms with Gasteiger partial charge in [-0.2, -0.15) is 0 Å². The van der Waals surface area contributed by atoms with Gasteiger partial charge in [-0.1, -0.05) is 30.0 Å². The van der Waals surface area contributed by atoms with Crippen molar-refractivity contribution >= 4 is 17.4 Å². The summed E-state index contributed by atoms with van der Waals surface area (Å²) in [6, 6.07) is 9.24. The molecular weight excluding hydrogens is 252 g/mol. The van der Waals surface area contributed by atoms with E-state index < -0.39 is 16.2 Å². The number of aromatic nitrogens is 1. The van der Waals surface area contributed by atoms with Gasteiger partial charge in [-0.3, -0.25) is 14.9 Å². The maximum atomic E-state index is 11.5. The van der Waals surface area contributed by atoms with Crippen LogP contribution in [0.5, 0.6) is 0 Å². The molecule has 0 aliphatic heterocycles. The van der Waals surface area contributed by atoms with Crippen molar-refractivity contribution in [3.8, 4) is 0 Å². The molecule has 0 bridgehead atoms. The summed E-state index contributed by atoms with van der Waals surface area (Å²) in [4.78, 5) is 25.4. The molecule has 0 saturated carbocycles. The number of H-pyrrole nitrogens is 1. The fourth-order valence-corrected chi connectivity index (χ4v) is 2.51. The minimum Gasteiger partial charge on any atom is -0.323 e. The zero-order valence-corrected chi connectivity index (χ0v) is 10.4. The molecule has 5 nitrogen and oxygen atoms in total. The van der Waals surface area contributed by atoms with Gasteiger partial charge in [-0.25, -0.2) is 0 Å². The number of nitrogens with zero attached hydrogens (tertiary/aromatic N) is 1. The van der Waals surface area contributed by atoms with E-state index in [9.17, 15) is 14.9 Å². The predicted octanol–water partition coefficient (Wildman–Crippen LogP) is 2.74. The van der Waals surface area contributed by atoms with E-state index >= 15 is 0 Å². The van der Waals surface area contributed by atoms with E-state index in [0.717, 1.165) is 4.90 Å². The molecule has 0 radical (unpaired) electrons. The summed E-state index contributed by atoms with van der Waals surface area (Å²) in [5.41, 5.74) is -0.400. The van der Waals surface area contributed by atoms with E-state index in [1.807, 2.05) is 30.3 Å². The molecule has 0 saturated heterocycles. The Morgan fingerprint density at radius 1 is 1.28 bits per heavy atom. The van der Waals surface area contributed by atoms with Crippen LogP contribution in [0, 0.1) is 17.0 Å². The largest absolute Gasteiger partial charge is 0.347 e. The summed E-state index contributed by atoms with van der Waals surface area (Å²) in [6.07, 6.45) is 1.49. The number of hydrogen-bond donors (Lipinski definition) is 1. The van der Waals surface area contributed by atoms with Gasteiger partial charge in [-0.05, 0) is 24.6 Å². The van der Waals surface area contributed by atoms with Crippen molar-refractivity contribution in [2.45, 2.75) is 16.7 Å². The summed E-state index contributed by atoms with van der Waals surface area (Å²) < 4.78 is 0. The molecule has 0 atom stereocenters. The topological polar surface area (TPSA) is 76.0 Å². The van der Waals surface area contributed by atoms with E-state index in [4.69, 9.17) is 0 Å². The number of benzene rings is 1. The van der Waals surface area contributed by atoms with Crippen LogP contribution in [0.15, 0.2) is 51.1 Å². The summed E-state index contributed by atoms with van der Waals surface area (Å²) in [7, 11) is 0. The molecule has 0 aliphatic carbocycles. The summed E-state index contributed by atoms with van der Waals surface area (Å²) in [5, 5.41) is 11.0. The van der Waals surface area contributed by atoms with Crippen molar-refractivity contribution in [3.05, 3.63) is 62.6 Å². The zero-order valence-electron chi connectivity index (χ0n) is 9.54. The van der Waals surface area contributed by atoms with Crippen molar-refractivity contribution in [3.63, 3.8) is 0 Å². The maximum Gasteiger partial charge on any atom is 0.347 e. The first-order chi connectivity index (χ1) is 8.59. The van der Waals surface area contributed by atoms with Gasteiger partial charge in [0.2, 0.25) is 0 Å². The van der Waals surface area contributed by atoms with Crippen LogP contribution in [0.4, 0.5) is 5.69 Å². The monoisotopic (exact) mass is 262 g/mol. The van der Waals surface area contributed by atoms with Crippen molar-refractivity contribution in [1.82, 2.24) is 4.98 Å². The van der Waals surface area contributed by atoms with Crippen LogP contribution < -0.4 is 5.56 Å². The lowest BCUT2D eigenvalue weighted by Crippen LogP contribution is -2.13. The van der Waals surface area contributed by atoms with Crippen LogP contribution in [-0.2, 0) is 0 Å². The highest BCUT2D eigenvalue weighted by atomic mass is 32.2. The Hall–Kier alpha value is -2.08. The van der Waals surface area contributed by atoms with Crippen LogP contribution in [0.2, 0.25) is 0 Å². The standard InChI is InChI=1S/C12H10N2O3S/c1-8-7-13-12(15)10(14(16)17)11(8)18-9-5-3-2-4-6-9/h2-7H,1H3,(H,13,15). The number of aryl methyl sites for hydroxylation is 1. The molecule has 0 amide bonds. The molecule has 0 fully saturated rings. The Kier molecular flexibility index (Phi) is 3.47. The molecule has 18 heavy (non-hydrogen) atoms. The first kappa shape index (κ1) is 12.4. The van der Waals surface area contributed by atoms with E-state index in [1.54, 1.807) is 6.92 Å². The van der Waals surface area contributed by atoms with Gasteiger partial charge in [-0.15, -0.1) is 0 Å². The molecule has 2 aromatic rings. The van der Waals surface area contributed by atoms with Gasteiger partial charge in [0.1, 0.15) is 4.90 Å². The van der Waals surface area contributed by atoms with Crippen LogP contribution in [0.25, 0.3) is 0 Å². The summed E-state index contributed by atoms with van der Waals surface area (Å²) >= 11 is 1.22. The van der Waals surface area contributed by atoms with Crippen molar-refractivity contribution in [1.29, 1.82) is 0 Å². The van der Waals surface area contributed by atoms with Crippen LogP contribution in [0.1, 0.15) is 5.56 Å². The van der Waals surface area contributed by atoms with Crippen LogP contribution in [0.3, 0.4) is 0 Å². The minimum atomic E-state index is -0.677. The molecule has 1 heterocycles. The SMILES string of the molecule is Cc1c[nH]c(=O)c([N+](=O)[O-])c1Sc1ccccc1. The van der Waals surface area contributed by atoms with Crippen molar-refractivity contribution in [2.75, 3.05) is 0 Å². The predicted molar refractivity (Wildman–Crippen MR) is 69.0 cm³/mol. The van der Waals surface area contributed by atoms with Gasteiger partial charge in [0.05, 0.1) is 4.92 Å². The number of nitro groups is 1. The van der Waals surface area contributed by atoms with E-state index in [2.05, 4.69) is 4.98 Å². The molecule has 0 unspecified atom stereocenters. The second kappa shape index (κ2) is 5.05. The molecule has 1 N–H and O–H groups in total. The van der Waals surface area contributed by atoms with Gasteiger partial charge >= 0.3 is 11.2 Å². The molecule has 0 spiro atoms. The van der Waals surface area contributed by atoms with Crippen LogP contribution in [-0.4, -0.2) is 9.91 Å².